The van der Waals surface area contributed by atoms with Gasteiger partial charge in [-0.15, -0.1) is 0 Å². The lowest BCUT2D eigenvalue weighted by atomic mass is 10.0. The molecule has 2 aromatic carbocycles. The van der Waals surface area contributed by atoms with Crippen molar-refractivity contribution in [1.29, 1.82) is 0 Å². The van der Waals surface area contributed by atoms with Crippen LogP contribution in [0.4, 0.5) is 10.1 Å². The van der Waals surface area contributed by atoms with Gasteiger partial charge in [0.05, 0.1) is 5.69 Å². The fourth-order valence-electron chi connectivity index (χ4n) is 2.79. The largest absolute Gasteiger partial charge is 0.326 e. The number of hydrogen-bond donors (Lipinski definition) is 1. The van der Waals surface area contributed by atoms with Crippen LogP contribution in [-0.2, 0) is 23.0 Å². The van der Waals surface area contributed by atoms with Crippen LogP contribution >= 0.6 is 11.6 Å². The number of nitrogens with zero attached hydrogens (tertiary/aromatic N) is 1. The topological polar surface area (TPSA) is 63.4 Å². The summed E-state index contributed by atoms with van der Waals surface area (Å²) in [4.78, 5) is -0.402. The first-order chi connectivity index (χ1) is 10.9. The molecule has 0 saturated carbocycles. The maximum Gasteiger partial charge on any atom is 0.267 e. The summed E-state index contributed by atoms with van der Waals surface area (Å²) in [6, 6.07) is 8.98. The monoisotopic (exact) mass is 354 g/mol. The molecule has 0 aliphatic carbocycles. The number of anilines is 1. The van der Waals surface area contributed by atoms with Gasteiger partial charge >= 0.3 is 0 Å². The molecular weight excluding hydrogens is 339 g/mol. The zero-order valence-electron chi connectivity index (χ0n) is 12.3. The molecule has 1 heterocycles. The molecule has 0 spiro atoms. The molecule has 2 N–H and O–H groups in total. The van der Waals surface area contributed by atoms with Crippen LogP contribution < -0.4 is 10.0 Å². The molecular formula is C16H16ClFN2O2S. The Morgan fingerprint density at radius 2 is 2.00 bits per heavy atom. The molecule has 0 fully saturated rings. The highest BCUT2D eigenvalue weighted by molar-refractivity contribution is 7.92. The lowest BCUT2D eigenvalue weighted by Gasteiger charge is -2.31. The van der Waals surface area contributed by atoms with E-state index in [4.69, 9.17) is 17.3 Å². The lowest BCUT2D eigenvalue weighted by molar-refractivity contribution is 0.561. The zero-order valence-corrected chi connectivity index (χ0v) is 13.9. The molecule has 0 aromatic heterocycles. The molecule has 0 saturated heterocycles. The third kappa shape index (κ3) is 2.94. The van der Waals surface area contributed by atoms with Gasteiger partial charge < -0.3 is 5.73 Å². The Morgan fingerprint density at radius 1 is 1.22 bits per heavy atom. The summed E-state index contributed by atoms with van der Waals surface area (Å²) >= 11 is 5.84. The van der Waals surface area contributed by atoms with Crippen LogP contribution in [0.2, 0.25) is 5.02 Å². The number of hydrogen-bond acceptors (Lipinski definition) is 3. The number of nitrogens with two attached hydrogens (primary N) is 1. The predicted octanol–water partition coefficient (Wildman–Crippen LogP) is 3.08. The quantitative estimate of drug-likeness (QED) is 0.921. The smallest absolute Gasteiger partial charge is 0.267 e. The van der Waals surface area contributed by atoms with Gasteiger partial charge in [-0.25, -0.2) is 12.8 Å². The maximum absolute atomic E-state index is 14.0. The van der Waals surface area contributed by atoms with Crippen LogP contribution in [0, 0.1) is 5.82 Å². The highest BCUT2D eigenvalue weighted by Gasteiger charge is 2.31. The van der Waals surface area contributed by atoms with Gasteiger partial charge in [-0.05, 0) is 48.2 Å². The minimum Gasteiger partial charge on any atom is -0.326 e. The van der Waals surface area contributed by atoms with Crippen LogP contribution in [0.15, 0.2) is 41.3 Å². The Balaban J connectivity index is 2.11. The first-order valence-electron chi connectivity index (χ1n) is 7.23. The fourth-order valence-corrected chi connectivity index (χ4v) is 4.66. The van der Waals surface area contributed by atoms with Crippen molar-refractivity contribution >= 4 is 27.3 Å². The average Bonchev–Trinajstić information content (AvgIpc) is 2.55. The Labute approximate surface area is 139 Å². The Hall–Kier alpha value is -1.63. The van der Waals surface area contributed by atoms with Crippen LogP contribution in [0.1, 0.15) is 17.5 Å². The van der Waals surface area contributed by atoms with Crippen molar-refractivity contribution < 1.29 is 12.8 Å². The minimum absolute atomic E-state index is 0.181. The van der Waals surface area contributed by atoms with Gasteiger partial charge in [-0.1, -0.05) is 23.7 Å². The van der Waals surface area contributed by atoms with Crippen molar-refractivity contribution in [3.05, 3.63) is 58.4 Å². The summed E-state index contributed by atoms with van der Waals surface area (Å²) in [5.74, 6) is -0.805. The zero-order chi connectivity index (χ0) is 16.6. The Kier molecular flexibility index (Phi) is 4.31. The molecule has 0 radical (unpaired) electrons. The highest BCUT2D eigenvalue weighted by atomic mass is 35.5. The minimum atomic E-state index is -4.01. The molecule has 1 aliphatic rings. The van der Waals surface area contributed by atoms with Gasteiger partial charge in [0.15, 0.2) is 0 Å². The summed E-state index contributed by atoms with van der Waals surface area (Å²) in [7, 11) is -4.01. The van der Waals surface area contributed by atoms with Gasteiger partial charge in [0.25, 0.3) is 10.0 Å². The number of benzene rings is 2. The van der Waals surface area contributed by atoms with E-state index >= 15 is 0 Å². The van der Waals surface area contributed by atoms with Crippen molar-refractivity contribution in [3.63, 3.8) is 0 Å². The average molecular weight is 355 g/mol. The molecule has 0 bridgehead atoms. The standard InChI is InChI=1S/C16H16ClFN2O2S/c17-13-4-5-14(18)16(9-13)23(21,22)20-7-1-2-12-8-11(10-19)3-6-15(12)20/h3-6,8-9H,1-2,7,10,19H2. The van der Waals surface area contributed by atoms with Crippen molar-refractivity contribution in [2.24, 2.45) is 5.73 Å². The third-order valence-corrected chi connectivity index (χ3v) is 5.98. The number of sulfonamides is 1. The van der Waals surface area contributed by atoms with Gasteiger partial charge in [0.2, 0.25) is 0 Å². The van der Waals surface area contributed by atoms with E-state index in [2.05, 4.69) is 0 Å². The first-order valence-corrected chi connectivity index (χ1v) is 9.05. The van der Waals surface area contributed by atoms with E-state index in [1.807, 2.05) is 6.07 Å². The summed E-state index contributed by atoms with van der Waals surface area (Å²) in [5.41, 5.74) is 8.06. The van der Waals surface area contributed by atoms with E-state index in [9.17, 15) is 12.8 Å². The van der Waals surface area contributed by atoms with Crippen LogP contribution in [0.25, 0.3) is 0 Å². The SMILES string of the molecule is NCc1ccc2c(c1)CCCN2S(=O)(=O)c1cc(Cl)ccc1F. The third-order valence-electron chi connectivity index (χ3n) is 3.92. The second kappa shape index (κ2) is 6.11. The maximum atomic E-state index is 14.0. The summed E-state index contributed by atoms with van der Waals surface area (Å²) in [6.07, 6.45) is 1.44. The summed E-state index contributed by atoms with van der Waals surface area (Å²) < 4.78 is 41.0. The van der Waals surface area contributed by atoms with E-state index in [1.165, 1.54) is 10.4 Å². The van der Waals surface area contributed by atoms with E-state index in [0.29, 0.717) is 25.2 Å². The molecule has 4 nitrogen and oxygen atoms in total. The van der Waals surface area contributed by atoms with E-state index < -0.39 is 20.7 Å². The van der Waals surface area contributed by atoms with Crippen molar-refractivity contribution in [1.82, 2.24) is 0 Å². The van der Waals surface area contributed by atoms with Crippen LogP contribution in [-0.4, -0.2) is 15.0 Å². The molecule has 122 valence electrons. The van der Waals surface area contributed by atoms with Crippen molar-refractivity contribution in [2.45, 2.75) is 24.3 Å². The lowest BCUT2D eigenvalue weighted by Crippen LogP contribution is -2.36. The van der Waals surface area contributed by atoms with E-state index in [0.717, 1.165) is 29.7 Å². The number of aryl methyl sites for hydroxylation is 1. The molecule has 3 rings (SSSR count). The highest BCUT2D eigenvalue weighted by Crippen LogP contribution is 2.34. The van der Waals surface area contributed by atoms with Gasteiger partial charge in [-0.2, -0.15) is 0 Å². The molecule has 0 unspecified atom stereocenters. The second-order valence-corrected chi connectivity index (χ2v) is 7.69. The fraction of sp³-hybridized carbons (Fsp3) is 0.250. The van der Waals surface area contributed by atoms with Gasteiger partial charge in [-0.3, -0.25) is 4.31 Å². The number of rotatable bonds is 3. The Bertz CT molecular complexity index is 855. The Morgan fingerprint density at radius 3 is 2.74 bits per heavy atom. The van der Waals surface area contributed by atoms with Crippen LogP contribution in [0.5, 0.6) is 0 Å². The summed E-state index contributed by atoms with van der Waals surface area (Å²) in [6.45, 7) is 0.701. The number of halogens is 2. The first kappa shape index (κ1) is 16.2. The van der Waals surface area contributed by atoms with E-state index in [-0.39, 0.29) is 5.02 Å². The number of fused-ring (bicyclic) bond motifs is 1. The molecule has 2 aromatic rings. The normalized spacial score (nSPS) is 14.7. The van der Waals surface area contributed by atoms with Gasteiger partial charge in [0, 0.05) is 18.1 Å². The molecule has 7 heteroatoms. The predicted molar refractivity (Wildman–Crippen MR) is 88.6 cm³/mol. The summed E-state index contributed by atoms with van der Waals surface area (Å²) in [5, 5.41) is 0.181. The molecule has 23 heavy (non-hydrogen) atoms. The van der Waals surface area contributed by atoms with Crippen molar-refractivity contribution in [3.8, 4) is 0 Å². The van der Waals surface area contributed by atoms with E-state index in [1.54, 1.807) is 12.1 Å². The molecule has 0 atom stereocenters. The second-order valence-electron chi connectivity index (χ2n) is 5.42. The van der Waals surface area contributed by atoms with Crippen molar-refractivity contribution in [2.75, 3.05) is 10.8 Å². The van der Waals surface area contributed by atoms with Crippen LogP contribution in [0.3, 0.4) is 0 Å². The molecule has 0 amide bonds. The molecule has 1 aliphatic heterocycles. The van der Waals surface area contributed by atoms with Gasteiger partial charge in [0.1, 0.15) is 10.7 Å².